The quantitative estimate of drug-likeness (QED) is 0.649. The summed E-state index contributed by atoms with van der Waals surface area (Å²) < 4.78 is 1.86. The van der Waals surface area contributed by atoms with Crippen molar-refractivity contribution >= 4 is 10.9 Å². The summed E-state index contributed by atoms with van der Waals surface area (Å²) in [7, 11) is 1.96. The molecule has 0 amide bonds. The molecule has 0 spiro atoms. The Hall–Kier alpha value is -1.31. The van der Waals surface area contributed by atoms with Crippen molar-refractivity contribution in [1.29, 1.82) is 0 Å². The summed E-state index contributed by atoms with van der Waals surface area (Å²) in [4.78, 5) is 0. The largest absolute Gasteiger partial charge is 0.275 e. The molecule has 1 aromatic carbocycles. The molecule has 0 N–H and O–H groups in total. The van der Waals surface area contributed by atoms with Crippen LogP contribution in [0.1, 0.15) is 18.1 Å². The third kappa shape index (κ3) is 1.32. The molecule has 2 heteroatoms. The Morgan fingerprint density at radius 3 is 2.85 bits per heavy atom. The molecule has 0 bridgehead atoms. The van der Waals surface area contributed by atoms with Gasteiger partial charge >= 0.3 is 0 Å². The summed E-state index contributed by atoms with van der Waals surface area (Å²) in [5, 5.41) is 5.61. The van der Waals surface area contributed by atoms with Gasteiger partial charge in [0.25, 0.3) is 0 Å². The lowest BCUT2D eigenvalue weighted by atomic mass is 10.0. The van der Waals surface area contributed by atoms with Crippen LogP contribution in [0.25, 0.3) is 10.9 Å². The van der Waals surface area contributed by atoms with Gasteiger partial charge in [-0.25, -0.2) is 0 Å². The highest BCUT2D eigenvalue weighted by Gasteiger charge is 2.02. The van der Waals surface area contributed by atoms with Gasteiger partial charge in [-0.05, 0) is 36.6 Å². The number of rotatable bonds is 1. The van der Waals surface area contributed by atoms with Crippen LogP contribution in [-0.4, -0.2) is 9.78 Å². The van der Waals surface area contributed by atoms with Gasteiger partial charge in [0.1, 0.15) is 0 Å². The molecular weight excluding hydrogens is 160 g/mol. The molecule has 13 heavy (non-hydrogen) atoms. The summed E-state index contributed by atoms with van der Waals surface area (Å²) in [5.74, 6) is 0. The third-order valence-electron chi connectivity index (χ3n) is 2.46. The van der Waals surface area contributed by atoms with Crippen molar-refractivity contribution in [1.82, 2.24) is 9.78 Å². The monoisotopic (exact) mass is 174 g/mol. The number of nitrogens with zero attached hydrogens (tertiary/aromatic N) is 2. The number of hydrogen-bond acceptors (Lipinski definition) is 1. The predicted molar refractivity (Wildman–Crippen MR) is 54.8 cm³/mol. The highest BCUT2D eigenvalue weighted by atomic mass is 15.2. The van der Waals surface area contributed by atoms with Crippen LogP contribution < -0.4 is 0 Å². The normalized spacial score (nSPS) is 11.0. The number of hydrogen-bond donors (Lipinski definition) is 0. The van der Waals surface area contributed by atoms with Gasteiger partial charge in [-0.3, -0.25) is 4.68 Å². The van der Waals surface area contributed by atoms with E-state index in [1.807, 2.05) is 11.7 Å². The van der Waals surface area contributed by atoms with Crippen LogP contribution in [0.4, 0.5) is 0 Å². The van der Waals surface area contributed by atoms with Crippen molar-refractivity contribution in [3.05, 3.63) is 29.5 Å². The number of benzene rings is 1. The van der Waals surface area contributed by atoms with Crippen molar-refractivity contribution in [3.8, 4) is 0 Å². The summed E-state index contributed by atoms with van der Waals surface area (Å²) in [6.07, 6.45) is 3.16. The molecule has 2 nitrogen and oxygen atoms in total. The average molecular weight is 174 g/mol. The maximum atomic E-state index is 4.37. The minimum Gasteiger partial charge on any atom is -0.275 e. The smallest absolute Gasteiger partial charge is 0.0926 e. The summed E-state index contributed by atoms with van der Waals surface area (Å²) in [5.41, 5.74) is 3.85. The Kier molecular flexibility index (Phi) is 1.83. The molecule has 0 saturated carbocycles. The maximum absolute atomic E-state index is 4.37. The molecule has 0 radical (unpaired) electrons. The van der Waals surface area contributed by atoms with Gasteiger partial charge in [-0.1, -0.05) is 6.92 Å². The fourth-order valence-electron chi connectivity index (χ4n) is 1.73. The van der Waals surface area contributed by atoms with Gasteiger partial charge in [0.15, 0.2) is 0 Å². The number of aromatic nitrogens is 2. The lowest BCUT2D eigenvalue weighted by molar-refractivity contribution is 0.779. The average Bonchev–Trinajstić information content (AvgIpc) is 2.42. The van der Waals surface area contributed by atoms with Crippen LogP contribution in [0.15, 0.2) is 18.3 Å². The number of aryl methyl sites for hydroxylation is 3. The van der Waals surface area contributed by atoms with Crippen LogP contribution >= 0.6 is 0 Å². The summed E-state index contributed by atoms with van der Waals surface area (Å²) in [6.45, 7) is 4.33. The lowest BCUT2D eigenvalue weighted by Gasteiger charge is -2.00. The zero-order valence-corrected chi connectivity index (χ0v) is 8.33. The van der Waals surface area contributed by atoms with Crippen LogP contribution in [0.3, 0.4) is 0 Å². The molecule has 0 aliphatic carbocycles. The maximum Gasteiger partial charge on any atom is 0.0926 e. The van der Waals surface area contributed by atoms with E-state index in [4.69, 9.17) is 0 Å². The summed E-state index contributed by atoms with van der Waals surface area (Å²) in [6, 6.07) is 4.39. The van der Waals surface area contributed by atoms with E-state index in [1.165, 1.54) is 16.5 Å². The molecule has 1 heterocycles. The van der Waals surface area contributed by atoms with Gasteiger partial charge in [0, 0.05) is 18.6 Å². The van der Waals surface area contributed by atoms with Gasteiger partial charge in [0.05, 0.1) is 5.52 Å². The van der Waals surface area contributed by atoms with Crippen molar-refractivity contribution < 1.29 is 0 Å². The Bertz CT molecular complexity index is 441. The Labute approximate surface area is 78.2 Å². The molecule has 0 saturated heterocycles. The van der Waals surface area contributed by atoms with Crippen molar-refractivity contribution in [2.24, 2.45) is 7.05 Å². The van der Waals surface area contributed by atoms with E-state index in [9.17, 15) is 0 Å². The predicted octanol–water partition coefficient (Wildman–Crippen LogP) is 2.44. The topological polar surface area (TPSA) is 17.8 Å². The number of fused-ring (bicyclic) bond motifs is 1. The van der Waals surface area contributed by atoms with E-state index >= 15 is 0 Å². The molecular formula is C11H14N2. The lowest BCUT2D eigenvalue weighted by Crippen LogP contribution is -1.86. The van der Waals surface area contributed by atoms with Gasteiger partial charge in [0.2, 0.25) is 0 Å². The Morgan fingerprint density at radius 2 is 2.15 bits per heavy atom. The van der Waals surface area contributed by atoms with E-state index in [0.29, 0.717) is 0 Å². The zero-order chi connectivity index (χ0) is 9.42. The fourth-order valence-corrected chi connectivity index (χ4v) is 1.73. The molecule has 2 aromatic rings. The molecule has 0 aliphatic heterocycles. The van der Waals surface area contributed by atoms with E-state index in [-0.39, 0.29) is 0 Å². The molecule has 68 valence electrons. The second kappa shape index (κ2) is 2.87. The van der Waals surface area contributed by atoms with Crippen molar-refractivity contribution in [3.63, 3.8) is 0 Å². The SMILES string of the molecule is CCc1cc2cn(C)nc2cc1C. The van der Waals surface area contributed by atoms with Crippen LogP contribution in [0.5, 0.6) is 0 Å². The molecule has 2 rings (SSSR count). The second-order valence-corrected chi connectivity index (χ2v) is 3.49. The van der Waals surface area contributed by atoms with E-state index in [2.05, 4.69) is 37.3 Å². The standard InChI is InChI=1S/C11H14N2/c1-4-9-6-10-7-13(3)12-11(10)5-8(9)2/h5-7H,4H2,1-3H3. The Balaban J connectivity index is 2.72. The molecule has 0 atom stereocenters. The van der Waals surface area contributed by atoms with Crippen molar-refractivity contribution in [2.45, 2.75) is 20.3 Å². The highest BCUT2D eigenvalue weighted by molar-refractivity contribution is 5.79. The summed E-state index contributed by atoms with van der Waals surface area (Å²) >= 11 is 0. The van der Waals surface area contributed by atoms with Gasteiger partial charge in [-0.2, -0.15) is 5.10 Å². The van der Waals surface area contributed by atoms with E-state index < -0.39 is 0 Å². The highest BCUT2D eigenvalue weighted by Crippen LogP contribution is 2.18. The molecule has 0 unspecified atom stereocenters. The minimum absolute atomic E-state index is 1.09. The van der Waals surface area contributed by atoms with Gasteiger partial charge in [-0.15, -0.1) is 0 Å². The fraction of sp³-hybridized carbons (Fsp3) is 0.364. The molecule has 0 fully saturated rings. The first-order chi connectivity index (χ1) is 6.20. The first-order valence-corrected chi connectivity index (χ1v) is 4.63. The van der Waals surface area contributed by atoms with Crippen LogP contribution in [0.2, 0.25) is 0 Å². The van der Waals surface area contributed by atoms with Gasteiger partial charge < -0.3 is 0 Å². The minimum atomic E-state index is 1.09. The zero-order valence-electron chi connectivity index (χ0n) is 8.33. The molecule has 0 aliphatic rings. The first kappa shape index (κ1) is 8.30. The second-order valence-electron chi connectivity index (χ2n) is 3.49. The Morgan fingerprint density at radius 1 is 1.38 bits per heavy atom. The van der Waals surface area contributed by atoms with E-state index in [0.717, 1.165) is 11.9 Å². The third-order valence-corrected chi connectivity index (χ3v) is 2.46. The van der Waals surface area contributed by atoms with Crippen LogP contribution in [-0.2, 0) is 13.5 Å². The van der Waals surface area contributed by atoms with Crippen LogP contribution in [0, 0.1) is 6.92 Å². The van der Waals surface area contributed by atoms with E-state index in [1.54, 1.807) is 0 Å². The first-order valence-electron chi connectivity index (χ1n) is 4.63. The van der Waals surface area contributed by atoms with Crippen molar-refractivity contribution in [2.75, 3.05) is 0 Å². The molecule has 1 aromatic heterocycles.